The highest BCUT2D eigenvalue weighted by Crippen LogP contribution is 2.66. The molecule has 0 fully saturated rings. The minimum Gasteiger partial charge on any atom is -0.309 e. The number of nitrogens with zero attached hydrogens (tertiary/aromatic N) is 4. The Kier molecular flexibility index (Phi) is 16.8. The van der Waals surface area contributed by atoms with Crippen LogP contribution in [0.2, 0.25) is 0 Å². The Labute approximate surface area is 715 Å². The van der Waals surface area contributed by atoms with Crippen LogP contribution in [-0.4, -0.2) is 19.9 Å². The summed E-state index contributed by atoms with van der Waals surface area (Å²) in [5.74, 6) is 0.728. The van der Waals surface area contributed by atoms with E-state index in [2.05, 4.69) is 334 Å². The van der Waals surface area contributed by atoms with Gasteiger partial charge in [-0.05, 0) is 131 Å². The molecule has 8 heteroatoms. The number of benzene rings is 18. The molecule has 0 N–H and O–H groups in total. The summed E-state index contributed by atoms with van der Waals surface area (Å²) in [6.07, 6.45) is 0. The fourth-order valence-electron chi connectivity index (χ4n) is 20.3. The second-order valence-corrected chi connectivity index (χ2v) is 36.8. The number of aromatic nitrogens is 4. The van der Waals surface area contributed by atoms with Crippen molar-refractivity contribution in [1.82, 2.24) is 19.9 Å². The Morgan fingerprint density at radius 2 is 0.500 bits per heavy atom. The monoisotopic (exact) mass is 1610 g/mol. The number of rotatable bonds is 9. The number of hydrogen-bond donors (Lipinski definition) is 0. The second-order valence-electron chi connectivity index (χ2n) is 31.9. The van der Waals surface area contributed by atoms with Crippen LogP contribution in [0.25, 0.3) is 144 Å². The standard InChI is InChI=1S/C58H35N3S.C56H36NOPS/c1-2-14-40(15-3-1)57-60-50-23-11-6-18-43(50)55(61-57)38-30-26-36(27-31-38)37-28-32-39(33-29-37)56-44-34-35-48-54(53(44)42-17-5-10-22-49(42)59-56)41-16-4-7-19-45(41)58(48)46-20-8-12-24-51(46)62-52-25-13-9-21-47(52)58;58-59(40-15-3-1-4-16-40,41-17-5-2-6-18-41)42-33-31-38(32-34-42)37-27-29-39(30-28-37)55-45-35-36-49-54(53(45)44-20-8-12-24-50(44)57-55)43-19-7-9-21-46(43)56(49)47-22-10-13-25-51(47)60-52-26-14-11-23-48(52)56/h1-35H;1-36H. The van der Waals surface area contributed by atoms with Crippen molar-refractivity contribution in [3.05, 3.63) is 475 Å². The molecule has 18 aromatic carbocycles. The zero-order chi connectivity index (χ0) is 80.6. The molecular formula is C114H71N4OPS2. The van der Waals surface area contributed by atoms with Gasteiger partial charge in [-0.3, -0.25) is 0 Å². The average Bonchev–Trinajstić information content (AvgIpc) is 1.50. The zero-order valence-electron chi connectivity index (χ0n) is 66.0. The average molecular weight is 1610 g/mol. The lowest BCUT2D eigenvalue weighted by Crippen LogP contribution is -2.31. The number of fused-ring (bicyclic) bond motifs is 27. The Morgan fingerprint density at radius 1 is 0.205 bits per heavy atom. The molecule has 25 rings (SSSR count). The predicted molar refractivity (Wildman–Crippen MR) is 506 cm³/mol. The summed E-state index contributed by atoms with van der Waals surface area (Å²) in [6, 6.07) is 154. The minimum atomic E-state index is -3.06. The summed E-state index contributed by atoms with van der Waals surface area (Å²) in [6.45, 7) is 0. The molecule has 21 aromatic rings. The van der Waals surface area contributed by atoms with E-state index in [1.807, 2.05) is 121 Å². The predicted octanol–water partition coefficient (Wildman–Crippen LogP) is 28.0. The van der Waals surface area contributed by atoms with E-state index in [-0.39, 0.29) is 0 Å². The molecule has 2 aliphatic carbocycles. The van der Waals surface area contributed by atoms with Crippen LogP contribution in [0.15, 0.2) is 450 Å². The van der Waals surface area contributed by atoms with E-state index in [1.165, 1.54) is 103 Å². The quantitative estimate of drug-likeness (QED) is 0.105. The Morgan fingerprint density at radius 3 is 0.902 bits per heavy atom. The molecule has 0 saturated carbocycles. The molecule has 570 valence electrons. The Bertz CT molecular complexity index is 7760. The fraction of sp³-hybridized carbons (Fsp3) is 0.0175. The smallest absolute Gasteiger partial charge is 0.171 e. The molecule has 0 unspecified atom stereocenters. The number of pyridine rings is 2. The van der Waals surface area contributed by atoms with Crippen molar-refractivity contribution in [3.63, 3.8) is 0 Å². The van der Waals surface area contributed by atoms with E-state index >= 15 is 0 Å². The van der Waals surface area contributed by atoms with E-state index in [0.717, 1.165) is 121 Å². The third-order valence-corrected chi connectivity index (χ3v) is 31.0. The third-order valence-electron chi connectivity index (χ3n) is 25.6. The van der Waals surface area contributed by atoms with Gasteiger partial charge < -0.3 is 4.57 Å². The zero-order valence-corrected chi connectivity index (χ0v) is 68.5. The second kappa shape index (κ2) is 28.7. The number of hydrogen-bond acceptors (Lipinski definition) is 7. The van der Waals surface area contributed by atoms with Gasteiger partial charge in [0.2, 0.25) is 0 Å². The van der Waals surface area contributed by atoms with Gasteiger partial charge >= 0.3 is 0 Å². The van der Waals surface area contributed by atoms with Crippen molar-refractivity contribution in [2.45, 2.75) is 30.4 Å². The molecule has 4 aliphatic rings. The molecule has 0 saturated heterocycles. The minimum absolute atomic E-state index is 0.439. The SMILES string of the molecule is O=P(c1ccccc1)(c1ccccc1)c1ccc(-c2ccc(-c3nc4ccccc4c4c5c(ccc34)C3(c4ccccc4Sc4ccccc43)c3ccccc3-5)cc2)cc1.c1ccc(-c2nc(-c3ccc(-c4ccc(-c5nc6ccccc6c6c7c(ccc56)C5(c6ccccc6Sc6ccccc65)c5ccccc5-7)cc4)cc3)c3ccccc3n2)cc1. The van der Waals surface area contributed by atoms with Gasteiger partial charge in [0.05, 0.1) is 44.5 Å². The molecule has 0 atom stereocenters. The van der Waals surface area contributed by atoms with Crippen LogP contribution >= 0.6 is 30.7 Å². The highest BCUT2D eigenvalue weighted by Gasteiger charge is 2.53. The van der Waals surface area contributed by atoms with E-state index < -0.39 is 18.0 Å². The van der Waals surface area contributed by atoms with Crippen molar-refractivity contribution in [2.24, 2.45) is 0 Å². The van der Waals surface area contributed by atoms with Crippen molar-refractivity contribution >= 4 is 101 Å². The van der Waals surface area contributed by atoms with Gasteiger partial charge in [0.25, 0.3) is 0 Å². The van der Waals surface area contributed by atoms with Crippen LogP contribution in [-0.2, 0) is 15.4 Å². The normalized spacial score (nSPS) is 13.3. The van der Waals surface area contributed by atoms with Gasteiger partial charge in [-0.2, -0.15) is 0 Å². The van der Waals surface area contributed by atoms with E-state index in [1.54, 1.807) is 0 Å². The lowest BCUT2D eigenvalue weighted by Gasteiger charge is -2.39. The van der Waals surface area contributed by atoms with E-state index in [0.29, 0.717) is 0 Å². The summed E-state index contributed by atoms with van der Waals surface area (Å²) >= 11 is 3.76. The summed E-state index contributed by atoms with van der Waals surface area (Å²) in [7, 11) is -3.06. The van der Waals surface area contributed by atoms with Crippen LogP contribution in [0.1, 0.15) is 44.5 Å². The maximum absolute atomic E-state index is 15.0. The molecule has 2 spiro atoms. The van der Waals surface area contributed by atoms with Crippen molar-refractivity contribution < 1.29 is 4.57 Å². The summed E-state index contributed by atoms with van der Waals surface area (Å²) < 4.78 is 15.0. The van der Waals surface area contributed by atoms with Crippen molar-refractivity contribution in [1.29, 1.82) is 0 Å². The van der Waals surface area contributed by atoms with Gasteiger partial charge in [0.1, 0.15) is 0 Å². The Hall–Kier alpha value is -14.4. The Balaban J connectivity index is 0.000000138. The van der Waals surface area contributed by atoms with Crippen LogP contribution < -0.4 is 15.9 Å². The summed E-state index contributed by atoms with van der Waals surface area (Å²) in [4.78, 5) is 26.0. The molecule has 5 nitrogen and oxygen atoms in total. The lowest BCUT2D eigenvalue weighted by atomic mass is 9.67. The fourth-order valence-corrected chi connectivity index (χ4v) is 25.3. The first-order valence-corrected chi connectivity index (χ1v) is 44.8. The molecule has 3 aromatic heterocycles. The summed E-state index contributed by atoms with van der Waals surface area (Å²) in [5, 5.41) is 10.7. The third kappa shape index (κ3) is 11.0. The maximum atomic E-state index is 15.0. The first-order chi connectivity index (χ1) is 60.4. The van der Waals surface area contributed by atoms with Crippen LogP contribution in [0, 0.1) is 0 Å². The highest BCUT2D eigenvalue weighted by atomic mass is 32.2. The first kappa shape index (κ1) is 71.7. The highest BCUT2D eigenvalue weighted by molar-refractivity contribution is 7.99. The topological polar surface area (TPSA) is 68.6 Å². The molecular weight excluding hydrogens is 1540 g/mol. The molecule has 0 amide bonds. The maximum Gasteiger partial charge on any atom is 0.171 e. The van der Waals surface area contributed by atoms with Gasteiger partial charge in [-0.15, -0.1) is 0 Å². The number of para-hydroxylation sites is 3. The van der Waals surface area contributed by atoms with Crippen LogP contribution in [0.4, 0.5) is 0 Å². The van der Waals surface area contributed by atoms with Gasteiger partial charge in [0, 0.05) is 95.5 Å². The largest absolute Gasteiger partial charge is 0.309 e. The van der Waals surface area contributed by atoms with Gasteiger partial charge in [0.15, 0.2) is 13.0 Å². The lowest BCUT2D eigenvalue weighted by molar-refractivity contribution is 0.592. The first-order valence-electron chi connectivity index (χ1n) is 41.5. The van der Waals surface area contributed by atoms with Gasteiger partial charge in [-0.25, -0.2) is 19.9 Å². The molecule has 122 heavy (non-hydrogen) atoms. The van der Waals surface area contributed by atoms with Crippen LogP contribution in [0.5, 0.6) is 0 Å². The molecule has 0 radical (unpaired) electrons. The van der Waals surface area contributed by atoms with Crippen molar-refractivity contribution in [3.8, 4) is 89.7 Å². The molecule has 5 heterocycles. The molecule has 2 aliphatic heterocycles. The van der Waals surface area contributed by atoms with Crippen molar-refractivity contribution in [2.75, 3.05) is 0 Å². The van der Waals surface area contributed by atoms with E-state index in [9.17, 15) is 4.57 Å². The summed E-state index contributed by atoms with van der Waals surface area (Å²) in [5.41, 5.74) is 29.4. The van der Waals surface area contributed by atoms with E-state index in [4.69, 9.17) is 19.9 Å². The molecule has 0 bridgehead atoms. The van der Waals surface area contributed by atoms with Gasteiger partial charge in [-0.1, -0.05) is 412 Å². The van der Waals surface area contributed by atoms with Crippen LogP contribution in [0.3, 0.4) is 0 Å².